The topological polar surface area (TPSA) is 63.4 Å². The van der Waals surface area contributed by atoms with Crippen LogP contribution in [0.15, 0.2) is 0 Å². The normalized spacial score (nSPS) is 27.2. The molecule has 0 amide bonds. The third-order valence-corrected chi connectivity index (χ3v) is 5.44. The molecular formula is C11H21F3N2O2S. The Balaban J connectivity index is 2.73. The van der Waals surface area contributed by atoms with E-state index in [1.54, 1.807) is 0 Å². The summed E-state index contributed by atoms with van der Waals surface area (Å²) in [5, 5.41) is 0. The molecule has 0 spiro atoms. The number of alkyl halides is 3. The summed E-state index contributed by atoms with van der Waals surface area (Å²) >= 11 is 0. The Morgan fingerprint density at radius 3 is 2.37 bits per heavy atom. The van der Waals surface area contributed by atoms with Crippen LogP contribution in [-0.4, -0.2) is 43.8 Å². The summed E-state index contributed by atoms with van der Waals surface area (Å²) in [5.41, 5.74) is 5.53. The SMILES string of the molecule is CCCCS(=O)(=O)N1CCC(N)C(C(F)(F)F)CC1. The van der Waals surface area contributed by atoms with E-state index in [1.165, 1.54) is 0 Å². The molecule has 0 aromatic heterocycles. The van der Waals surface area contributed by atoms with Crippen molar-refractivity contribution in [3.8, 4) is 0 Å². The van der Waals surface area contributed by atoms with Gasteiger partial charge in [-0.1, -0.05) is 13.3 Å². The fourth-order valence-corrected chi connectivity index (χ4v) is 3.92. The van der Waals surface area contributed by atoms with Gasteiger partial charge in [0.2, 0.25) is 10.0 Å². The fraction of sp³-hybridized carbons (Fsp3) is 1.00. The van der Waals surface area contributed by atoms with Gasteiger partial charge in [-0.15, -0.1) is 0 Å². The van der Waals surface area contributed by atoms with E-state index in [-0.39, 0.29) is 31.7 Å². The van der Waals surface area contributed by atoms with E-state index in [0.29, 0.717) is 6.42 Å². The zero-order valence-electron chi connectivity index (χ0n) is 11.0. The number of hydrogen-bond donors (Lipinski definition) is 1. The average molecular weight is 302 g/mol. The lowest BCUT2D eigenvalue weighted by molar-refractivity contribution is -0.180. The minimum atomic E-state index is -4.36. The summed E-state index contributed by atoms with van der Waals surface area (Å²) in [6, 6.07) is -1.02. The van der Waals surface area contributed by atoms with Crippen molar-refractivity contribution in [3.63, 3.8) is 0 Å². The van der Waals surface area contributed by atoms with Crippen LogP contribution in [0.25, 0.3) is 0 Å². The largest absolute Gasteiger partial charge is 0.393 e. The molecule has 2 atom stereocenters. The molecule has 114 valence electrons. The van der Waals surface area contributed by atoms with Crippen molar-refractivity contribution in [1.82, 2.24) is 4.31 Å². The van der Waals surface area contributed by atoms with Gasteiger partial charge in [-0.2, -0.15) is 13.2 Å². The molecule has 1 fully saturated rings. The minimum absolute atomic E-state index is 0.00454. The van der Waals surface area contributed by atoms with Crippen molar-refractivity contribution in [2.45, 2.75) is 44.8 Å². The Hall–Kier alpha value is -0.340. The predicted molar refractivity (Wildman–Crippen MR) is 67.0 cm³/mol. The lowest BCUT2D eigenvalue weighted by Crippen LogP contribution is -2.39. The molecule has 1 saturated heterocycles. The fourth-order valence-electron chi connectivity index (χ4n) is 2.24. The standard InChI is InChI=1S/C11H21F3N2O2S/c1-2-3-8-19(17,18)16-6-4-9(11(12,13)14)10(15)5-7-16/h9-10H,2-8,15H2,1H3. The van der Waals surface area contributed by atoms with Gasteiger partial charge in [0.1, 0.15) is 0 Å². The molecule has 1 heterocycles. The predicted octanol–water partition coefficient (Wildman–Crippen LogP) is 1.72. The molecule has 0 aromatic rings. The van der Waals surface area contributed by atoms with E-state index in [0.717, 1.165) is 10.7 Å². The van der Waals surface area contributed by atoms with Crippen molar-refractivity contribution in [2.75, 3.05) is 18.8 Å². The highest BCUT2D eigenvalue weighted by atomic mass is 32.2. The van der Waals surface area contributed by atoms with Crippen molar-refractivity contribution >= 4 is 10.0 Å². The van der Waals surface area contributed by atoms with Crippen LogP contribution in [0.1, 0.15) is 32.6 Å². The van der Waals surface area contributed by atoms with E-state index in [2.05, 4.69) is 0 Å². The Kier molecular flexibility index (Phi) is 5.64. The smallest absolute Gasteiger partial charge is 0.327 e. The van der Waals surface area contributed by atoms with E-state index >= 15 is 0 Å². The first-order valence-electron chi connectivity index (χ1n) is 6.48. The summed E-state index contributed by atoms with van der Waals surface area (Å²) in [4.78, 5) is 0. The van der Waals surface area contributed by atoms with Crippen LogP contribution in [-0.2, 0) is 10.0 Å². The highest BCUT2D eigenvalue weighted by Crippen LogP contribution is 2.34. The van der Waals surface area contributed by atoms with Crippen LogP contribution >= 0.6 is 0 Å². The number of hydrogen-bond acceptors (Lipinski definition) is 3. The van der Waals surface area contributed by atoms with Crippen LogP contribution in [0.5, 0.6) is 0 Å². The average Bonchev–Trinajstić information content (AvgIpc) is 2.48. The third-order valence-electron chi connectivity index (χ3n) is 3.49. The summed E-state index contributed by atoms with van der Waals surface area (Å²) in [7, 11) is -3.45. The molecule has 0 radical (unpaired) electrons. The van der Waals surface area contributed by atoms with Crippen LogP contribution in [0.3, 0.4) is 0 Å². The molecule has 1 aliphatic heterocycles. The van der Waals surface area contributed by atoms with Crippen LogP contribution in [0.4, 0.5) is 13.2 Å². The third kappa shape index (κ3) is 4.61. The lowest BCUT2D eigenvalue weighted by Gasteiger charge is -2.23. The molecule has 2 unspecified atom stereocenters. The Labute approximate surface area is 112 Å². The van der Waals surface area contributed by atoms with Crippen LogP contribution in [0.2, 0.25) is 0 Å². The first kappa shape index (κ1) is 16.7. The lowest BCUT2D eigenvalue weighted by atomic mass is 9.95. The van der Waals surface area contributed by atoms with Crippen molar-refractivity contribution in [3.05, 3.63) is 0 Å². The maximum absolute atomic E-state index is 12.8. The number of nitrogens with zero attached hydrogens (tertiary/aromatic N) is 1. The molecule has 2 N–H and O–H groups in total. The number of halogens is 3. The second kappa shape index (κ2) is 6.41. The van der Waals surface area contributed by atoms with E-state index in [9.17, 15) is 21.6 Å². The molecule has 1 aliphatic rings. The van der Waals surface area contributed by atoms with Gasteiger partial charge in [0.25, 0.3) is 0 Å². The van der Waals surface area contributed by atoms with Crippen molar-refractivity contribution in [1.29, 1.82) is 0 Å². The summed E-state index contributed by atoms with van der Waals surface area (Å²) < 4.78 is 63.3. The maximum Gasteiger partial charge on any atom is 0.393 e. The zero-order chi connectivity index (χ0) is 14.7. The Bertz CT molecular complexity index is 384. The quantitative estimate of drug-likeness (QED) is 0.860. The maximum atomic E-state index is 12.8. The number of sulfonamides is 1. The van der Waals surface area contributed by atoms with Gasteiger partial charge in [-0.3, -0.25) is 0 Å². The second-order valence-corrected chi connectivity index (χ2v) is 7.05. The van der Waals surface area contributed by atoms with Gasteiger partial charge in [-0.25, -0.2) is 12.7 Å². The highest BCUT2D eigenvalue weighted by molar-refractivity contribution is 7.89. The molecule has 0 aliphatic carbocycles. The van der Waals surface area contributed by atoms with Gasteiger partial charge in [-0.05, 0) is 19.3 Å². The van der Waals surface area contributed by atoms with Gasteiger partial charge in [0.15, 0.2) is 0 Å². The zero-order valence-corrected chi connectivity index (χ0v) is 11.8. The molecule has 1 rings (SSSR count). The number of unbranched alkanes of at least 4 members (excludes halogenated alkanes) is 1. The minimum Gasteiger partial charge on any atom is -0.327 e. The summed E-state index contributed by atoms with van der Waals surface area (Å²) in [5.74, 6) is -1.62. The molecule has 0 aromatic carbocycles. The number of nitrogens with two attached hydrogens (primary N) is 1. The van der Waals surface area contributed by atoms with Crippen LogP contribution < -0.4 is 5.73 Å². The van der Waals surface area contributed by atoms with Crippen molar-refractivity contribution < 1.29 is 21.6 Å². The Morgan fingerprint density at radius 1 is 1.26 bits per heavy atom. The molecular weight excluding hydrogens is 281 g/mol. The van der Waals surface area contributed by atoms with E-state index in [1.807, 2.05) is 6.92 Å². The second-order valence-electron chi connectivity index (χ2n) is 4.96. The van der Waals surface area contributed by atoms with Gasteiger partial charge in [0.05, 0.1) is 11.7 Å². The summed E-state index contributed by atoms with van der Waals surface area (Å²) in [6.45, 7) is 1.86. The van der Waals surface area contributed by atoms with Gasteiger partial charge < -0.3 is 5.73 Å². The van der Waals surface area contributed by atoms with Crippen LogP contribution in [0, 0.1) is 5.92 Å². The first-order chi connectivity index (χ1) is 8.68. The highest BCUT2D eigenvalue weighted by Gasteiger charge is 2.45. The molecule has 0 bridgehead atoms. The summed E-state index contributed by atoms with van der Waals surface area (Å²) in [6.07, 6.45) is -3.31. The van der Waals surface area contributed by atoms with Gasteiger partial charge in [0, 0.05) is 19.1 Å². The van der Waals surface area contributed by atoms with E-state index in [4.69, 9.17) is 5.73 Å². The monoisotopic (exact) mass is 302 g/mol. The number of rotatable bonds is 4. The van der Waals surface area contributed by atoms with Gasteiger partial charge >= 0.3 is 6.18 Å². The molecule has 19 heavy (non-hydrogen) atoms. The molecule has 8 heteroatoms. The molecule has 0 saturated carbocycles. The molecule has 4 nitrogen and oxygen atoms in total. The van der Waals surface area contributed by atoms with Crippen molar-refractivity contribution in [2.24, 2.45) is 11.7 Å². The van der Waals surface area contributed by atoms with E-state index < -0.39 is 28.2 Å². The Morgan fingerprint density at radius 2 is 1.84 bits per heavy atom. The first-order valence-corrected chi connectivity index (χ1v) is 8.09.